The van der Waals surface area contributed by atoms with Crippen molar-refractivity contribution in [1.29, 1.82) is 5.26 Å². The lowest BCUT2D eigenvalue weighted by atomic mass is 10.1. The summed E-state index contributed by atoms with van der Waals surface area (Å²) in [6.07, 6.45) is 1.78. The molecule has 0 aliphatic carbocycles. The van der Waals surface area contributed by atoms with Crippen LogP contribution >= 0.6 is 15.9 Å². The number of nitriles is 1. The zero-order chi connectivity index (χ0) is 21.8. The van der Waals surface area contributed by atoms with Gasteiger partial charge in [0.25, 0.3) is 0 Å². The predicted octanol–water partition coefficient (Wildman–Crippen LogP) is 6.29. The molecule has 3 aromatic carbocycles. The van der Waals surface area contributed by atoms with Gasteiger partial charge in [-0.15, -0.1) is 0 Å². The molecule has 1 aromatic heterocycles. The maximum atomic E-state index is 9.81. The van der Waals surface area contributed by atoms with E-state index in [1.54, 1.807) is 13.2 Å². The van der Waals surface area contributed by atoms with Crippen LogP contribution < -0.4 is 9.47 Å². The van der Waals surface area contributed by atoms with Crippen LogP contribution in [-0.2, 0) is 6.61 Å². The van der Waals surface area contributed by atoms with E-state index in [1.165, 1.54) is 5.56 Å². The number of hydrogen-bond acceptors (Lipinski definition) is 4. The third kappa shape index (κ3) is 4.79. The Kier molecular flexibility index (Phi) is 6.06. The molecule has 0 unspecified atom stereocenters. The Morgan fingerprint density at radius 3 is 2.81 bits per heavy atom. The smallest absolute Gasteiger partial charge is 0.149 e. The van der Waals surface area contributed by atoms with Crippen LogP contribution in [0.25, 0.3) is 22.7 Å². The molecule has 0 saturated heterocycles. The highest BCUT2D eigenvalue weighted by Crippen LogP contribution is 2.29. The number of halogens is 1. The highest BCUT2D eigenvalue weighted by Gasteiger charge is 2.11. The number of aryl methyl sites for hydroxylation is 1. The van der Waals surface area contributed by atoms with Crippen LogP contribution in [0.5, 0.6) is 11.5 Å². The van der Waals surface area contributed by atoms with Crippen LogP contribution in [0.3, 0.4) is 0 Å². The number of aromatic nitrogens is 2. The molecule has 1 N–H and O–H groups in total. The number of hydrogen-bond donors (Lipinski definition) is 1. The molecule has 0 fully saturated rings. The summed E-state index contributed by atoms with van der Waals surface area (Å²) >= 11 is 3.51. The summed E-state index contributed by atoms with van der Waals surface area (Å²) in [5.74, 6) is 1.91. The summed E-state index contributed by atoms with van der Waals surface area (Å²) in [6.45, 7) is 2.50. The van der Waals surface area contributed by atoms with Gasteiger partial charge in [0.1, 0.15) is 30.0 Å². The van der Waals surface area contributed by atoms with Crippen LogP contribution in [0.4, 0.5) is 0 Å². The molecule has 1 heterocycles. The van der Waals surface area contributed by atoms with Gasteiger partial charge in [0.2, 0.25) is 0 Å². The summed E-state index contributed by atoms with van der Waals surface area (Å²) in [4.78, 5) is 7.76. The zero-order valence-electron chi connectivity index (χ0n) is 17.1. The molecular weight excluding hydrogens is 454 g/mol. The van der Waals surface area contributed by atoms with Crippen molar-refractivity contribution >= 4 is 38.6 Å². The van der Waals surface area contributed by atoms with E-state index in [9.17, 15) is 5.26 Å². The normalized spacial score (nSPS) is 11.4. The molecule has 31 heavy (non-hydrogen) atoms. The molecule has 154 valence electrons. The van der Waals surface area contributed by atoms with Crippen LogP contribution in [0, 0.1) is 18.3 Å². The molecule has 0 atom stereocenters. The fourth-order valence-electron chi connectivity index (χ4n) is 3.28. The summed E-state index contributed by atoms with van der Waals surface area (Å²) in [5, 5.41) is 9.81. The number of benzene rings is 3. The number of nitrogens with one attached hydrogen (secondary N) is 1. The summed E-state index contributed by atoms with van der Waals surface area (Å²) in [6, 6.07) is 21.7. The molecule has 0 radical (unpaired) electrons. The lowest BCUT2D eigenvalue weighted by Crippen LogP contribution is -1.98. The van der Waals surface area contributed by atoms with E-state index in [-0.39, 0.29) is 0 Å². The number of rotatable bonds is 6. The van der Waals surface area contributed by atoms with Crippen molar-refractivity contribution in [2.45, 2.75) is 13.5 Å². The average Bonchev–Trinajstić information content (AvgIpc) is 3.20. The second-order valence-electron chi connectivity index (χ2n) is 7.10. The number of ether oxygens (including phenoxy) is 2. The van der Waals surface area contributed by atoms with Gasteiger partial charge in [-0.1, -0.05) is 45.8 Å². The van der Waals surface area contributed by atoms with Gasteiger partial charge in [-0.3, -0.25) is 0 Å². The molecule has 0 bridgehead atoms. The summed E-state index contributed by atoms with van der Waals surface area (Å²) < 4.78 is 12.2. The third-order valence-corrected chi connectivity index (χ3v) is 5.31. The van der Waals surface area contributed by atoms with Gasteiger partial charge in [-0.2, -0.15) is 5.26 Å². The van der Waals surface area contributed by atoms with Crippen LogP contribution in [0.1, 0.15) is 22.5 Å². The van der Waals surface area contributed by atoms with Gasteiger partial charge in [-0.25, -0.2) is 4.98 Å². The fraction of sp³-hybridized carbons (Fsp3) is 0.120. The highest BCUT2D eigenvalue weighted by atomic mass is 79.9. The van der Waals surface area contributed by atoms with E-state index < -0.39 is 0 Å². The first kappa shape index (κ1) is 20.7. The second-order valence-corrected chi connectivity index (χ2v) is 8.01. The minimum absolute atomic E-state index is 0.411. The third-order valence-electron chi connectivity index (χ3n) is 4.81. The lowest BCUT2D eigenvalue weighted by Gasteiger charge is -2.11. The first-order chi connectivity index (χ1) is 15.1. The molecule has 0 aliphatic rings. The van der Waals surface area contributed by atoms with Gasteiger partial charge >= 0.3 is 0 Å². The maximum absolute atomic E-state index is 9.81. The molecule has 4 rings (SSSR count). The van der Waals surface area contributed by atoms with Gasteiger partial charge in [0, 0.05) is 16.1 Å². The minimum atomic E-state index is 0.411. The van der Waals surface area contributed by atoms with Gasteiger partial charge < -0.3 is 14.5 Å². The number of methoxy groups -OCH3 is 1. The zero-order valence-corrected chi connectivity index (χ0v) is 18.7. The standard InChI is InChI=1S/C25H20BrN3O2/c1-16-4-3-5-17(10-16)15-31-24-9-6-20(26)12-18(24)11-19(14-27)25-28-22-8-7-21(30-2)13-23(22)29-25/h3-13H,15H2,1-2H3,(H,28,29)/b19-11-. The molecule has 6 heteroatoms. The maximum Gasteiger partial charge on any atom is 0.149 e. The van der Waals surface area contributed by atoms with E-state index in [1.807, 2.05) is 48.5 Å². The quantitative estimate of drug-likeness (QED) is 0.334. The number of imidazole rings is 1. The molecule has 4 aromatic rings. The summed E-state index contributed by atoms with van der Waals surface area (Å²) in [7, 11) is 1.62. The van der Waals surface area contributed by atoms with E-state index in [0.717, 1.165) is 32.4 Å². The van der Waals surface area contributed by atoms with Crippen molar-refractivity contribution in [1.82, 2.24) is 9.97 Å². The van der Waals surface area contributed by atoms with Crippen LogP contribution in [0.2, 0.25) is 0 Å². The Balaban J connectivity index is 1.67. The van der Waals surface area contributed by atoms with E-state index in [2.05, 4.69) is 51.0 Å². The van der Waals surface area contributed by atoms with Crippen molar-refractivity contribution in [2.24, 2.45) is 0 Å². The lowest BCUT2D eigenvalue weighted by molar-refractivity contribution is 0.305. The molecule has 5 nitrogen and oxygen atoms in total. The molecule has 0 amide bonds. The first-order valence-electron chi connectivity index (χ1n) is 9.69. The number of fused-ring (bicyclic) bond motifs is 1. The van der Waals surface area contributed by atoms with Crippen molar-refractivity contribution in [3.05, 3.63) is 87.7 Å². The van der Waals surface area contributed by atoms with Crippen molar-refractivity contribution < 1.29 is 9.47 Å². The number of aromatic amines is 1. The minimum Gasteiger partial charge on any atom is -0.497 e. The Labute approximate surface area is 189 Å². The van der Waals surface area contributed by atoms with Crippen LogP contribution in [0.15, 0.2) is 65.1 Å². The second kappa shape index (κ2) is 9.07. The first-order valence-corrected chi connectivity index (χ1v) is 10.5. The largest absolute Gasteiger partial charge is 0.497 e. The van der Waals surface area contributed by atoms with Gasteiger partial charge in [-0.05, 0) is 48.9 Å². The van der Waals surface area contributed by atoms with Gasteiger partial charge in [0.15, 0.2) is 0 Å². The SMILES string of the molecule is COc1ccc2nc(/C(C#N)=C\c3cc(Br)ccc3OCc3cccc(C)c3)[nH]c2c1. The highest BCUT2D eigenvalue weighted by molar-refractivity contribution is 9.10. The Morgan fingerprint density at radius 1 is 1.16 bits per heavy atom. The molecule has 0 aliphatic heterocycles. The Bertz CT molecular complexity index is 1320. The van der Waals surface area contributed by atoms with Crippen molar-refractivity contribution in [2.75, 3.05) is 7.11 Å². The number of nitrogens with zero attached hydrogens (tertiary/aromatic N) is 2. The predicted molar refractivity (Wildman–Crippen MR) is 126 cm³/mol. The van der Waals surface area contributed by atoms with E-state index in [0.29, 0.717) is 23.8 Å². The van der Waals surface area contributed by atoms with Crippen LogP contribution in [-0.4, -0.2) is 17.1 Å². The van der Waals surface area contributed by atoms with Gasteiger partial charge in [0.05, 0.1) is 23.7 Å². The van der Waals surface area contributed by atoms with E-state index in [4.69, 9.17) is 9.47 Å². The monoisotopic (exact) mass is 473 g/mol. The molecule has 0 spiro atoms. The van der Waals surface area contributed by atoms with Crippen molar-refractivity contribution in [3.8, 4) is 17.6 Å². The molecular formula is C25H20BrN3O2. The number of H-pyrrole nitrogens is 1. The Hall–Kier alpha value is -3.56. The Morgan fingerprint density at radius 2 is 2.03 bits per heavy atom. The summed E-state index contributed by atoms with van der Waals surface area (Å²) in [5.41, 5.74) is 5.04. The average molecular weight is 474 g/mol. The number of allylic oxidation sites excluding steroid dienone is 1. The van der Waals surface area contributed by atoms with E-state index >= 15 is 0 Å². The topological polar surface area (TPSA) is 70.9 Å². The fourth-order valence-corrected chi connectivity index (χ4v) is 3.66. The molecule has 0 saturated carbocycles. The van der Waals surface area contributed by atoms with Crippen molar-refractivity contribution in [3.63, 3.8) is 0 Å².